The third kappa shape index (κ3) is 1.48. The summed E-state index contributed by atoms with van der Waals surface area (Å²) in [6.45, 7) is 1.81. The molecule has 2 aromatic rings. The number of para-hydroxylation sites is 1. The molecule has 0 radical (unpaired) electrons. The van der Waals surface area contributed by atoms with Crippen LogP contribution in [-0.4, -0.2) is 21.2 Å². The molecule has 0 amide bonds. The van der Waals surface area contributed by atoms with Gasteiger partial charge in [0.05, 0.1) is 11.2 Å². The van der Waals surface area contributed by atoms with Gasteiger partial charge in [0.25, 0.3) is 0 Å². The summed E-state index contributed by atoms with van der Waals surface area (Å²) in [5.74, 6) is -1.34. The fourth-order valence-electron chi connectivity index (χ4n) is 1.72. The lowest BCUT2D eigenvalue weighted by Gasteiger charge is -2.08. The highest BCUT2D eigenvalue weighted by molar-refractivity contribution is 5.99. The van der Waals surface area contributed by atoms with E-state index in [1.54, 1.807) is 24.3 Å². The Hall–Kier alpha value is -2.10. The minimum Gasteiger partial charge on any atom is -0.506 e. The van der Waals surface area contributed by atoms with Crippen molar-refractivity contribution in [2.75, 3.05) is 0 Å². The first-order valence-corrected chi connectivity index (χ1v) is 4.99. The highest BCUT2D eigenvalue weighted by Gasteiger charge is 2.18. The number of pyridine rings is 1. The summed E-state index contributed by atoms with van der Waals surface area (Å²) >= 11 is 0. The lowest BCUT2D eigenvalue weighted by molar-refractivity contribution is 0.0692. The summed E-state index contributed by atoms with van der Waals surface area (Å²) in [5, 5.41) is 19.4. The van der Waals surface area contributed by atoms with Crippen LogP contribution in [-0.2, 0) is 6.42 Å². The van der Waals surface area contributed by atoms with Crippen molar-refractivity contribution >= 4 is 16.9 Å². The van der Waals surface area contributed by atoms with Crippen molar-refractivity contribution in [2.45, 2.75) is 13.3 Å². The van der Waals surface area contributed by atoms with E-state index in [0.717, 1.165) is 0 Å². The fourth-order valence-corrected chi connectivity index (χ4v) is 1.72. The molecule has 0 saturated carbocycles. The Morgan fingerprint density at radius 3 is 2.69 bits per heavy atom. The molecule has 82 valence electrons. The summed E-state index contributed by atoms with van der Waals surface area (Å²) in [6.07, 6.45) is 0.472. The van der Waals surface area contributed by atoms with Gasteiger partial charge in [0.1, 0.15) is 11.3 Å². The lowest BCUT2D eigenvalue weighted by atomic mass is 10.1. The lowest BCUT2D eigenvalue weighted by Crippen LogP contribution is -2.05. The van der Waals surface area contributed by atoms with E-state index < -0.39 is 5.97 Å². The molecule has 0 aliphatic heterocycles. The SMILES string of the molecule is CCc1nc2ccccc2c(O)c1C(=O)O. The van der Waals surface area contributed by atoms with E-state index in [1.165, 1.54) is 0 Å². The number of carbonyl (C=O) groups is 1. The van der Waals surface area contributed by atoms with Gasteiger partial charge in [-0.2, -0.15) is 0 Å². The van der Waals surface area contributed by atoms with Gasteiger partial charge in [0.2, 0.25) is 0 Å². The van der Waals surface area contributed by atoms with Gasteiger partial charge in [0.15, 0.2) is 0 Å². The van der Waals surface area contributed by atoms with Crippen LogP contribution in [0.15, 0.2) is 24.3 Å². The molecule has 1 aromatic heterocycles. The molecule has 16 heavy (non-hydrogen) atoms. The number of benzene rings is 1. The maximum Gasteiger partial charge on any atom is 0.341 e. The molecule has 0 spiro atoms. The third-order valence-corrected chi connectivity index (χ3v) is 2.49. The maximum absolute atomic E-state index is 11.0. The Morgan fingerprint density at radius 1 is 1.38 bits per heavy atom. The van der Waals surface area contributed by atoms with Gasteiger partial charge in [-0.1, -0.05) is 19.1 Å². The molecule has 4 heteroatoms. The van der Waals surface area contributed by atoms with E-state index in [-0.39, 0.29) is 11.3 Å². The van der Waals surface area contributed by atoms with Crippen molar-refractivity contribution in [3.8, 4) is 5.75 Å². The van der Waals surface area contributed by atoms with Crippen LogP contribution in [0.25, 0.3) is 10.9 Å². The minimum absolute atomic E-state index is 0.0961. The zero-order chi connectivity index (χ0) is 11.7. The molecule has 0 bridgehead atoms. The van der Waals surface area contributed by atoms with Gasteiger partial charge in [-0.05, 0) is 18.6 Å². The van der Waals surface area contributed by atoms with Crippen LogP contribution in [0.3, 0.4) is 0 Å². The zero-order valence-corrected chi connectivity index (χ0v) is 8.77. The topological polar surface area (TPSA) is 70.4 Å². The van der Waals surface area contributed by atoms with E-state index in [4.69, 9.17) is 5.11 Å². The first kappa shape index (κ1) is 10.4. The predicted molar refractivity (Wildman–Crippen MR) is 59.7 cm³/mol. The monoisotopic (exact) mass is 217 g/mol. The molecular formula is C12H11NO3. The first-order chi connectivity index (χ1) is 7.65. The molecule has 2 rings (SSSR count). The Morgan fingerprint density at radius 2 is 2.06 bits per heavy atom. The number of hydrogen-bond donors (Lipinski definition) is 2. The van der Waals surface area contributed by atoms with Gasteiger partial charge >= 0.3 is 5.97 Å². The van der Waals surface area contributed by atoms with Crippen molar-refractivity contribution in [1.82, 2.24) is 4.98 Å². The fraction of sp³-hybridized carbons (Fsp3) is 0.167. The molecule has 0 unspecified atom stereocenters. The normalized spacial score (nSPS) is 10.6. The number of aromatic carboxylic acids is 1. The molecule has 4 nitrogen and oxygen atoms in total. The summed E-state index contributed by atoms with van der Waals surface area (Å²) in [7, 11) is 0. The third-order valence-electron chi connectivity index (χ3n) is 2.49. The van der Waals surface area contributed by atoms with Crippen LogP contribution in [0.1, 0.15) is 23.0 Å². The zero-order valence-electron chi connectivity index (χ0n) is 8.77. The highest BCUT2D eigenvalue weighted by Crippen LogP contribution is 2.29. The quantitative estimate of drug-likeness (QED) is 0.809. The number of hydrogen-bond acceptors (Lipinski definition) is 3. The van der Waals surface area contributed by atoms with E-state index in [1.807, 2.05) is 6.92 Å². The summed E-state index contributed by atoms with van der Waals surface area (Å²) < 4.78 is 0. The Balaban J connectivity index is 2.87. The summed E-state index contributed by atoms with van der Waals surface area (Å²) in [5.41, 5.74) is 0.923. The van der Waals surface area contributed by atoms with Crippen molar-refractivity contribution in [2.24, 2.45) is 0 Å². The minimum atomic E-state index is -1.15. The molecule has 0 fully saturated rings. The Labute approximate surface area is 92.2 Å². The van der Waals surface area contributed by atoms with Crippen LogP contribution in [0.5, 0.6) is 5.75 Å². The molecule has 1 aromatic carbocycles. The second-order valence-corrected chi connectivity index (χ2v) is 3.46. The number of carboxylic acid groups (broad SMARTS) is 1. The summed E-state index contributed by atoms with van der Waals surface area (Å²) in [6, 6.07) is 6.94. The van der Waals surface area contributed by atoms with Gasteiger partial charge in [-0.15, -0.1) is 0 Å². The molecule has 0 aliphatic rings. The van der Waals surface area contributed by atoms with Gasteiger partial charge in [0, 0.05) is 5.39 Å². The molecular weight excluding hydrogens is 206 g/mol. The highest BCUT2D eigenvalue weighted by atomic mass is 16.4. The van der Waals surface area contributed by atoms with Crippen molar-refractivity contribution in [3.63, 3.8) is 0 Å². The number of rotatable bonds is 2. The standard InChI is InChI=1S/C12H11NO3/c1-2-8-10(12(15)16)11(14)7-5-3-4-6-9(7)13-8/h3-6H,2H2,1H3,(H,13,14)(H,15,16). The van der Waals surface area contributed by atoms with Crippen LogP contribution in [0, 0.1) is 0 Å². The largest absolute Gasteiger partial charge is 0.506 e. The number of aromatic hydroxyl groups is 1. The molecule has 1 heterocycles. The van der Waals surface area contributed by atoms with Gasteiger partial charge in [-0.25, -0.2) is 4.79 Å². The Bertz CT molecular complexity index is 563. The molecule has 0 aliphatic carbocycles. The number of fused-ring (bicyclic) bond motifs is 1. The average Bonchev–Trinajstić information content (AvgIpc) is 2.28. The molecule has 0 atom stereocenters. The van der Waals surface area contributed by atoms with Crippen molar-refractivity contribution in [3.05, 3.63) is 35.5 Å². The predicted octanol–water partition coefficient (Wildman–Crippen LogP) is 2.20. The van der Waals surface area contributed by atoms with E-state index in [9.17, 15) is 9.90 Å². The van der Waals surface area contributed by atoms with Gasteiger partial charge < -0.3 is 10.2 Å². The number of carboxylic acids is 1. The van der Waals surface area contributed by atoms with E-state index in [0.29, 0.717) is 23.0 Å². The Kier molecular flexibility index (Phi) is 2.48. The average molecular weight is 217 g/mol. The van der Waals surface area contributed by atoms with Crippen molar-refractivity contribution in [1.29, 1.82) is 0 Å². The first-order valence-electron chi connectivity index (χ1n) is 4.99. The van der Waals surface area contributed by atoms with E-state index in [2.05, 4.69) is 4.98 Å². The van der Waals surface area contributed by atoms with Gasteiger partial charge in [-0.3, -0.25) is 4.98 Å². The van der Waals surface area contributed by atoms with Crippen LogP contribution in [0.2, 0.25) is 0 Å². The van der Waals surface area contributed by atoms with Crippen LogP contribution in [0.4, 0.5) is 0 Å². The number of aryl methyl sites for hydroxylation is 1. The number of nitrogens with zero attached hydrogens (tertiary/aromatic N) is 1. The maximum atomic E-state index is 11.0. The summed E-state index contributed by atoms with van der Waals surface area (Å²) in [4.78, 5) is 15.3. The molecule has 2 N–H and O–H groups in total. The second kappa shape index (κ2) is 3.81. The van der Waals surface area contributed by atoms with Crippen molar-refractivity contribution < 1.29 is 15.0 Å². The number of aromatic nitrogens is 1. The smallest absolute Gasteiger partial charge is 0.341 e. The second-order valence-electron chi connectivity index (χ2n) is 3.46. The van der Waals surface area contributed by atoms with Crippen LogP contribution >= 0.6 is 0 Å². The van der Waals surface area contributed by atoms with Crippen LogP contribution < -0.4 is 0 Å². The van der Waals surface area contributed by atoms with E-state index >= 15 is 0 Å². The molecule has 0 saturated heterocycles.